The molecule has 0 aliphatic carbocycles. The molecule has 0 spiro atoms. The SMILES string of the molecule is CCO/N=C/c1ccc(OCCCCN2CCN(c3ccnc(N)c3)S2(=O)=O)cc1. The number of benzene rings is 1. The van der Waals surface area contributed by atoms with E-state index in [0.29, 0.717) is 50.8 Å². The van der Waals surface area contributed by atoms with Gasteiger partial charge < -0.3 is 15.3 Å². The van der Waals surface area contributed by atoms with Gasteiger partial charge in [-0.2, -0.15) is 12.7 Å². The van der Waals surface area contributed by atoms with Gasteiger partial charge in [-0.05, 0) is 55.7 Å². The van der Waals surface area contributed by atoms with Crippen LogP contribution in [-0.2, 0) is 15.0 Å². The number of ether oxygens (including phenoxy) is 1. The van der Waals surface area contributed by atoms with Crippen LogP contribution >= 0.6 is 0 Å². The normalized spacial score (nSPS) is 16.2. The van der Waals surface area contributed by atoms with Crippen molar-refractivity contribution >= 4 is 27.9 Å². The van der Waals surface area contributed by atoms with Gasteiger partial charge in [0, 0.05) is 31.9 Å². The van der Waals surface area contributed by atoms with Gasteiger partial charge in [-0.1, -0.05) is 5.16 Å². The Kier molecular flexibility index (Phi) is 7.47. The highest BCUT2D eigenvalue weighted by Crippen LogP contribution is 2.26. The molecule has 1 aliphatic heterocycles. The molecule has 0 atom stereocenters. The zero-order chi connectivity index (χ0) is 21.4. The predicted molar refractivity (Wildman–Crippen MR) is 117 cm³/mol. The highest BCUT2D eigenvalue weighted by atomic mass is 32.2. The first-order valence-electron chi connectivity index (χ1n) is 9.88. The van der Waals surface area contributed by atoms with Gasteiger partial charge in [0.15, 0.2) is 0 Å². The minimum atomic E-state index is -3.53. The number of rotatable bonds is 10. The number of pyridine rings is 1. The molecule has 2 heterocycles. The largest absolute Gasteiger partial charge is 0.494 e. The maximum absolute atomic E-state index is 12.8. The molecular weight excluding hydrogens is 406 g/mol. The van der Waals surface area contributed by atoms with E-state index in [4.69, 9.17) is 15.3 Å². The van der Waals surface area contributed by atoms with Crippen LogP contribution in [0.5, 0.6) is 5.75 Å². The molecule has 10 heteroatoms. The molecule has 3 rings (SSSR count). The molecule has 162 valence electrons. The van der Waals surface area contributed by atoms with Crippen molar-refractivity contribution in [1.82, 2.24) is 9.29 Å². The number of nitrogens with two attached hydrogens (primary N) is 1. The van der Waals surface area contributed by atoms with Crippen LogP contribution in [0.1, 0.15) is 25.3 Å². The van der Waals surface area contributed by atoms with Crippen molar-refractivity contribution in [2.75, 3.05) is 42.9 Å². The Bertz CT molecular complexity index is 950. The van der Waals surface area contributed by atoms with Gasteiger partial charge >= 0.3 is 10.2 Å². The number of nitrogen functional groups attached to an aromatic ring is 1. The number of aromatic nitrogens is 1. The average Bonchev–Trinajstić information content (AvgIpc) is 3.03. The molecule has 0 amide bonds. The van der Waals surface area contributed by atoms with Crippen LogP contribution in [0.3, 0.4) is 0 Å². The van der Waals surface area contributed by atoms with E-state index in [-0.39, 0.29) is 0 Å². The summed E-state index contributed by atoms with van der Waals surface area (Å²) in [5.74, 6) is 1.06. The summed E-state index contributed by atoms with van der Waals surface area (Å²) < 4.78 is 34.1. The summed E-state index contributed by atoms with van der Waals surface area (Å²) in [4.78, 5) is 8.84. The Labute approximate surface area is 177 Å². The van der Waals surface area contributed by atoms with Gasteiger partial charge in [-0.3, -0.25) is 4.31 Å². The summed E-state index contributed by atoms with van der Waals surface area (Å²) in [7, 11) is -3.53. The number of oxime groups is 1. The Hall–Kier alpha value is -2.85. The molecule has 1 saturated heterocycles. The van der Waals surface area contributed by atoms with Crippen molar-refractivity contribution in [3.05, 3.63) is 48.2 Å². The van der Waals surface area contributed by atoms with Gasteiger partial charge in [0.25, 0.3) is 0 Å². The van der Waals surface area contributed by atoms with Gasteiger partial charge in [-0.15, -0.1) is 0 Å². The molecule has 1 fully saturated rings. The van der Waals surface area contributed by atoms with Crippen LogP contribution in [0.2, 0.25) is 0 Å². The number of anilines is 2. The van der Waals surface area contributed by atoms with Crippen LogP contribution in [0, 0.1) is 0 Å². The molecular formula is C20H27N5O4S. The van der Waals surface area contributed by atoms with E-state index < -0.39 is 10.2 Å². The third-order valence-electron chi connectivity index (χ3n) is 4.57. The van der Waals surface area contributed by atoms with Gasteiger partial charge in [0.05, 0.1) is 18.5 Å². The Balaban J connectivity index is 1.41. The lowest BCUT2D eigenvalue weighted by atomic mass is 10.2. The Morgan fingerprint density at radius 3 is 2.73 bits per heavy atom. The predicted octanol–water partition coefficient (Wildman–Crippen LogP) is 2.26. The van der Waals surface area contributed by atoms with E-state index >= 15 is 0 Å². The fourth-order valence-corrected chi connectivity index (χ4v) is 4.70. The first-order chi connectivity index (χ1) is 14.5. The summed E-state index contributed by atoms with van der Waals surface area (Å²) in [5.41, 5.74) is 7.15. The molecule has 1 aromatic heterocycles. The Morgan fingerprint density at radius 1 is 1.20 bits per heavy atom. The second-order valence-corrected chi connectivity index (χ2v) is 8.55. The highest BCUT2D eigenvalue weighted by molar-refractivity contribution is 7.90. The topological polar surface area (TPSA) is 110 Å². The Morgan fingerprint density at radius 2 is 2.00 bits per heavy atom. The molecule has 0 radical (unpaired) electrons. The molecule has 1 aromatic carbocycles. The minimum absolute atomic E-state index is 0.299. The highest BCUT2D eigenvalue weighted by Gasteiger charge is 2.36. The maximum atomic E-state index is 12.8. The lowest BCUT2D eigenvalue weighted by molar-refractivity contribution is 0.160. The second kappa shape index (κ2) is 10.3. The summed E-state index contributed by atoms with van der Waals surface area (Å²) in [5, 5.41) is 3.82. The smallest absolute Gasteiger partial charge is 0.304 e. The van der Waals surface area contributed by atoms with Crippen LogP contribution in [0.25, 0.3) is 0 Å². The van der Waals surface area contributed by atoms with E-state index in [2.05, 4.69) is 10.1 Å². The second-order valence-electron chi connectivity index (χ2n) is 6.69. The number of hydrogen-bond acceptors (Lipinski definition) is 7. The molecule has 9 nitrogen and oxygen atoms in total. The summed E-state index contributed by atoms with van der Waals surface area (Å²) in [6.07, 6.45) is 4.62. The lowest BCUT2D eigenvalue weighted by Crippen LogP contribution is -2.33. The first kappa shape index (κ1) is 21.8. The zero-order valence-electron chi connectivity index (χ0n) is 17.0. The van der Waals surface area contributed by atoms with Crippen LogP contribution in [0.15, 0.2) is 47.8 Å². The monoisotopic (exact) mass is 433 g/mol. The molecule has 0 unspecified atom stereocenters. The molecule has 1 aliphatic rings. The van der Waals surface area contributed by atoms with E-state index in [9.17, 15) is 8.42 Å². The van der Waals surface area contributed by atoms with Crippen molar-refractivity contribution in [3.8, 4) is 5.75 Å². The van der Waals surface area contributed by atoms with Gasteiger partial charge in [-0.25, -0.2) is 4.98 Å². The number of hydrogen-bond donors (Lipinski definition) is 1. The van der Waals surface area contributed by atoms with E-state index in [1.807, 2.05) is 31.2 Å². The lowest BCUT2D eigenvalue weighted by Gasteiger charge is -2.20. The van der Waals surface area contributed by atoms with E-state index in [0.717, 1.165) is 17.7 Å². The van der Waals surface area contributed by atoms with Crippen LogP contribution in [0.4, 0.5) is 11.5 Å². The minimum Gasteiger partial charge on any atom is -0.494 e. The fraction of sp³-hybridized carbons (Fsp3) is 0.400. The third-order valence-corrected chi connectivity index (χ3v) is 6.53. The number of nitrogens with zero attached hydrogens (tertiary/aromatic N) is 4. The molecule has 0 bridgehead atoms. The molecule has 30 heavy (non-hydrogen) atoms. The standard InChI is InChI=1S/C20H27N5O4S/c1-2-29-23-16-17-5-7-19(8-6-17)28-14-4-3-11-24-12-13-25(30(24,26)27)18-9-10-22-20(21)15-18/h5-10,15-16H,2-4,11-14H2,1H3,(H2,21,22)/b23-16+. The fourth-order valence-electron chi connectivity index (χ4n) is 3.06. The maximum Gasteiger partial charge on any atom is 0.304 e. The van der Waals surface area contributed by atoms with Crippen LogP contribution in [-0.4, -0.2) is 56.8 Å². The summed E-state index contributed by atoms with van der Waals surface area (Å²) in [6, 6.07) is 10.8. The van der Waals surface area contributed by atoms with Crippen LogP contribution < -0.4 is 14.8 Å². The zero-order valence-corrected chi connectivity index (χ0v) is 17.8. The summed E-state index contributed by atoms with van der Waals surface area (Å²) >= 11 is 0. The molecule has 0 saturated carbocycles. The number of unbranched alkanes of at least 4 members (excludes halogenated alkanes) is 1. The molecule has 2 aromatic rings. The van der Waals surface area contributed by atoms with Crippen molar-refractivity contribution in [2.45, 2.75) is 19.8 Å². The van der Waals surface area contributed by atoms with Crippen molar-refractivity contribution in [3.63, 3.8) is 0 Å². The summed E-state index contributed by atoms with van der Waals surface area (Å²) in [6.45, 7) is 4.24. The quantitative estimate of drug-likeness (QED) is 0.350. The first-order valence-corrected chi connectivity index (χ1v) is 11.3. The average molecular weight is 434 g/mol. The van der Waals surface area contributed by atoms with Crippen molar-refractivity contribution in [1.29, 1.82) is 0 Å². The van der Waals surface area contributed by atoms with Crippen molar-refractivity contribution in [2.24, 2.45) is 5.16 Å². The van der Waals surface area contributed by atoms with E-state index in [1.54, 1.807) is 18.3 Å². The molecule has 2 N–H and O–H groups in total. The van der Waals surface area contributed by atoms with E-state index in [1.165, 1.54) is 14.8 Å². The van der Waals surface area contributed by atoms with Crippen molar-refractivity contribution < 1.29 is 18.0 Å². The third kappa shape index (κ3) is 5.61. The van der Waals surface area contributed by atoms with Gasteiger partial charge in [0.2, 0.25) is 0 Å². The van der Waals surface area contributed by atoms with Gasteiger partial charge in [0.1, 0.15) is 18.2 Å².